The van der Waals surface area contributed by atoms with Gasteiger partial charge in [-0.2, -0.15) is 0 Å². The van der Waals surface area contributed by atoms with Gasteiger partial charge in [0.25, 0.3) is 0 Å². The van der Waals surface area contributed by atoms with Gasteiger partial charge in [-0.15, -0.1) is 0 Å². The molecule has 4 N–H and O–H groups in total. The third kappa shape index (κ3) is 1.68. The highest BCUT2D eigenvalue weighted by atomic mass is 16.5. The minimum atomic E-state index is -0.403. The largest absolute Gasteiger partial charge is 0.367 e. The molecule has 0 aromatic rings. The Morgan fingerprint density at radius 2 is 2.20 bits per heavy atom. The number of hydrogen-bond acceptors (Lipinski definition) is 3. The van der Waals surface area contributed by atoms with E-state index in [1.807, 2.05) is 0 Å². The van der Waals surface area contributed by atoms with Crippen molar-refractivity contribution in [3.05, 3.63) is 0 Å². The summed E-state index contributed by atoms with van der Waals surface area (Å²) in [6, 6.07) is 0.0793. The molecule has 1 fully saturated rings. The highest BCUT2D eigenvalue weighted by Gasteiger charge is 2.22. The molecule has 0 spiro atoms. The van der Waals surface area contributed by atoms with Crippen molar-refractivity contribution in [3.63, 3.8) is 0 Å². The summed E-state index contributed by atoms with van der Waals surface area (Å²) in [7, 11) is 0. The molecule has 0 bridgehead atoms. The molecular weight excluding hydrogens is 132 g/mol. The fourth-order valence-corrected chi connectivity index (χ4v) is 0.996. The van der Waals surface area contributed by atoms with Crippen LogP contribution in [0, 0.1) is 0 Å². The lowest BCUT2D eigenvalue weighted by Crippen LogP contribution is -2.41. The molecule has 2 atom stereocenters. The van der Waals surface area contributed by atoms with Gasteiger partial charge in [-0.25, -0.2) is 0 Å². The van der Waals surface area contributed by atoms with Crippen LogP contribution in [0.3, 0.4) is 0 Å². The zero-order valence-electron chi connectivity index (χ0n) is 5.75. The maximum Gasteiger partial charge on any atom is 0.246 e. The molecule has 1 saturated heterocycles. The molecule has 10 heavy (non-hydrogen) atoms. The van der Waals surface area contributed by atoms with Crippen LogP contribution in [0.1, 0.15) is 12.8 Å². The molecule has 0 aromatic carbocycles. The van der Waals surface area contributed by atoms with Crippen LogP contribution in [0.15, 0.2) is 0 Å². The van der Waals surface area contributed by atoms with Gasteiger partial charge in [0, 0.05) is 6.04 Å². The van der Waals surface area contributed by atoms with E-state index in [1.165, 1.54) is 0 Å². The Morgan fingerprint density at radius 3 is 2.60 bits per heavy atom. The van der Waals surface area contributed by atoms with Gasteiger partial charge in [-0.3, -0.25) is 4.79 Å². The fraction of sp³-hybridized carbons (Fsp3) is 0.833. The van der Waals surface area contributed by atoms with E-state index in [-0.39, 0.29) is 11.9 Å². The number of rotatable bonds is 1. The lowest BCUT2D eigenvalue weighted by molar-refractivity contribution is -0.132. The van der Waals surface area contributed by atoms with Crippen molar-refractivity contribution in [1.82, 2.24) is 0 Å². The summed E-state index contributed by atoms with van der Waals surface area (Å²) in [6.45, 7) is 0.452. The van der Waals surface area contributed by atoms with E-state index in [2.05, 4.69) is 0 Å². The average molecular weight is 144 g/mol. The summed E-state index contributed by atoms with van der Waals surface area (Å²) in [5, 5.41) is 0. The molecule has 0 aromatic heterocycles. The van der Waals surface area contributed by atoms with Gasteiger partial charge >= 0.3 is 0 Å². The number of hydrogen-bond donors (Lipinski definition) is 2. The summed E-state index contributed by atoms with van der Waals surface area (Å²) in [5.41, 5.74) is 10.5. The standard InChI is InChI=1S/C6H12N2O2/c7-4-1-2-5(6(8)9)10-3-4/h4-5H,1-3,7H2,(H2,8,9)/t4-,5?/m1/s1. The monoisotopic (exact) mass is 144 g/mol. The Labute approximate surface area is 59.5 Å². The predicted molar refractivity (Wildman–Crippen MR) is 36.1 cm³/mol. The van der Waals surface area contributed by atoms with Crippen molar-refractivity contribution in [2.45, 2.75) is 25.0 Å². The molecule has 4 heteroatoms. The summed E-state index contributed by atoms with van der Waals surface area (Å²) < 4.78 is 5.05. The maximum atomic E-state index is 10.5. The summed E-state index contributed by atoms with van der Waals surface area (Å²) >= 11 is 0. The van der Waals surface area contributed by atoms with Crippen molar-refractivity contribution in [2.24, 2.45) is 11.5 Å². The molecule has 1 amide bonds. The van der Waals surface area contributed by atoms with Gasteiger partial charge in [0.2, 0.25) is 5.91 Å². The van der Waals surface area contributed by atoms with Gasteiger partial charge in [0.15, 0.2) is 0 Å². The first-order valence-electron chi connectivity index (χ1n) is 3.36. The van der Waals surface area contributed by atoms with Crippen LogP contribution in [0.25, 0.3) is 0 Å². The molecule has 1 aliphatic rings. The number of nitrogens with two attached hydrogens (primary N) is 2. The van der Waals surface area contributed by atoms with Crippen LogP contribution < -0.4 is 11.5 Å². The second kappa shape index (κ2) is 2.98. The third-order valence-electron chi connectivity index (χ3n) is 1.63. The zero-order valence-corrected chi connectivity index (χ0v) is 5.75. The zero-order chi connectivity index (χ0) is 7.56. The summed E-state index contributed by atoms with van der Waals surface area (Å²) in [6.07, 6.45) is 1.09. The van der Waals surface area contributed by atoms with Crippen LogP contribution in [0.2, 0.25) is 0 Å². The molecule has 1 rings (SSSR count). The molecule has 1 unspecified atom stereocenters. The number of ether oxygens (including phenoxy) is 1. The van der Waals surface area contributed by atoms with Crippen molar-refractivity contribution < 1.29 is 9.53 Å². The smallest absolute Gasteiger partial charge is 0.246 e. The normalized spacial score (nSPS) is 33.7. The Balaban J connectivity index is 2.33. The lowest BCUT2D eigenvalue weighted by atomic mass is 10.1. The van der Waals surface area contributed by atoms with Crippen LogP contribution in [-0.2, 0) is 9.53 Å². The second-order valence-electron chi connectivity index (χ2n) is 2.56. The molecule has 1 heterocycles. The second-order valence-corrected chi connectivity index (χ2v) is 2.56. The summed E-state index contributed by atoms with van der Waals surface area (Å²) in [5.74, 6) is -0.382. The van der Waals surface area contributed by atoms with E-state index in [0.717, 1.165) is 6.42 Å². The molecule has 0 radical (unpaired) electrons. The van der Waals surface area contributed by atoms with Crippen LogP contribution in [-0.4, -0.2) is 24.7 Å². The van der Waals surface area contributed by atoms with Gasteiger partial charge in [-0.05, 0) is 12.8 Å². The van der Waals surface area contributed by atoms with Crippen molar-refractivity contribution >= 4 is 5.91 Å². The van der Waals surface area contributed by atoms with Crippen molar-refractivity contribution in [3.8, 4) is 0 Å². The van der Waals surface area contributed by atoms with E-state index >= 15 is 0 Å². The number of carbonyl (C=O) groups excluding carboxylic acids is 1. The van der Waals surface area contributed by atoms with E-state index in [1.54, 1.807) is 0 Å². The van der Waals surface area contributed by atoms with Gasteiger partial charge < -0.3 is 16.2 Å². The maximum absolute atomic E-state index is 10.5. The first-order chi connectivity index (χ1) is 4.70. The van der Waals surface area contributed by atoms with Crippen LogP contribution in [0.4, 0.5) is 0 Å². The highest BCUT2D eigenvalue weighted by molar-refractivity contribution is 5.78. The molecule has 0 aliphatic carbocycles. The number of primary amides is 1. The lowest BCUT2D eigenvalue weighted by Gasteiger charge is -2.24. The first kappa shape index (κ1) is 7.50. The average Bonchev–Trinajstić information content (AvgIpc) is 1.88. The molecule has 4 nitrogen and oxygen atoms in total. The van der Waals surface area contributed by atoms with Crippen LogP contribution >= 0.6 is 0 Å². The van der Waals surface area contributed by atoms with Crippen molar-refractivity contribution in [1.29, 1.82) is 0 Å². The van der Waals surface area contributed by atoms with E-state index < -0.39 is 6.10 Å². The molecule has 58 valence electrons. The molecular formula is C6H12N2O2. The Hall–Kier alpha value is -0.610. The summed E-state index contributed by atoms with van der Waals surface area (Å²) in [4.78, 5) is 10.5. The SMILES string of the molecule is NC(=O)C1CC[C@@H](N)CO1. The first-order valence-corrected chi connectivity index (χ1v) is 3.36. The molecule has 1 aliphatic heterocycles. The number of carbonyl (C=O) groups is 1. The van der Waals surface area contributed by atoms with E-state index in [9.17, 15) is 4.79 Å². The van der Waals surface area contributed by atoms with E-state index in [4.69, 9.17) is 16.2 Å². The Morgan fingerprint density at radius 1 is 1.50 bits per heavy atom. The Bertz CT molecular complexity index is 130. The predicted octanol–water partition coefficient (Wildman–Crippen LogP) is -1.02. The topological polar surface area (TPSA) is 78.3 Å². The highest BCUT2D eigenvalue weighted by Crippen LogP contribution is 2.10. The van der Waals surface area contributed by atoms with Crippen LogP contribution in [0.5, 0.6) is 0 Å². The Kier molecular flexibility index (Phi) is 2.24. The molecule has 0 saturated carbocycles. The third-order valence-corrected chi connectivity index (χ3v) is 1.63. The quantitative estimate of drug-likeness (QED) is 0.494. The minimum Gasteiger partial charge on any atom is -0.367 e. The number of amides is 1. The van der Waals surface area contributed by atoms with Gasteiger partial charge in [-0.1, -0.05) is 0 Å². The fourth-order valence-electron chi connectivity index (χ4n) is 0.996. The van der Waals surface area contributed by atoms with Crippen molar-refractivity contribution in [2.75, 3.05) is 6.61 Å². The van der Waals surface area contributed by atoms with Gasteiger partial charge in [0.1, 0.15) is 6.10 Å². The van der Waals surface area contributed by atoms with E-state index in [0.29, 0.717) is 13.0 Å². The van der Waals surface area contributed by atoms with Gasteiger partial charge in [0.05, 0.1) is 6.61 Å². The minimum absolute atomic E-state index is 0.0793.